The van der Waals surface area contributed by atoms with Crippen LogP contribution in [0.2, 0.25) is 0 Å². The summed E-state index contributed by atoms with van der Waals surface area (Å²) in [6.07, 6.45) is 4.06. The summed E-state index contributed by atoms with van der Waals surface area (Å²) in [7, 11) is -3.72. The number of para-hydroxylation sites is 1. The van der Waals surface area contributed by atoms with Crippen molar-refractivity contribution in [2.75, 3.05) is 6.54 Å². The fraction of sp³-hybridized carbons (Fsp3) is 0.375. The summed E-state index contributed by atoms with van der Waals surface area (Å²) in [4.78, 5) is 11.6. The van der Waals surface area contributed by atoms with Crippen LogP contribution in [0.5, 0.6) is 0 Å². The lowest BCUT2D eigenvalue weighted by Gasteiger charge is -2.35. The summed E-state index contributed by atoms with van der Waals surface area (Å²) in [6, 6.07) is 9.10. The van der Waals surface area contributed by atoms with Crippen molar-refractivity contribution < 1.29 is 13.2 Å². The van der Waals surface area contributed by atoms with Crippen molar-refractivity contribution in [3.63, 3.8) is 0 Å². The zero-order valence-electron chi connectivity index (χ0n) is 13.4. The molecule has 1 aromatic heterocycles. The summed E-state index contributed by atoms with van der Waals surface area (Å²) >= 11 is 0. The molecular weight excluding hydrogens is 328 g/mol. The quantitative estimate of drug-likeness (QED) is 0.896. The van der Waals surface area contributed by atoms with Crippen molar-refractivity contribution in [3.8, 4) is 5.69 Å². The minimum atomic E-state index is -3.72. The first-order valence-corrected chi connectivity index (χ1v) is 9.25. The van der Waals surface area contributed by atoms with Gasteiger partial charge in [-0.2, -0.15) is 9.40 Å². The smallest absolute Gasteiger partial charge is 0.246 e. The van der Waals surface area contributed by atoms with E-state index in [0.29, 0.717) is 12.8 Å². The van der Waals surface area contributed by atoms with E-state index in [1.54, 1.807) is 0 Å². The number of amides is 1. The molecule has 0 spiro atoms. The van der Waals surface area contributed by atoms with Crippen LogP contribution in [0.15, 0.2) is 47.6 Å². The summed E-state index contributed by atoms with van der Waals surface area (Å²) < 4.78 is 28.7. The summed E-state index contributed by atoms with van der Waals surface area (Å²) in [5.41, 5.74) is 6.14. The van der Waals surface area contributed by atoms with E-state index in [2.05, 4.69) is 5.10 Å². The summed E-state index contributed by atoms with van der Waals surface area (Å²) in [5.74, 6) is -0.901. The Kier molecular flexibility index (Phi) is 4.42. The highest BCUT2D eigenvalue weighted by Gasteiger charge is 2.37. The molecule has 2 heterocycles. The standard InChI is InChI=1S/C16H20N4O3S/c1-12-7-8-13(16(17)21)10-20(12)24(22,23)15-9-18-19(11-15)14-5-3-2-4-6-14/h2-6,9,11-13H,7-8,10H2,1H3,(H2,17,21)/t12-,13+/m0/s1. The van der Waals surface area contributed by atoms with Crippen LogP contribution in [0.4, 0.5) is 0 Å². The van der Waals surface area contributed by atoms with Gasteiger partial charge in [0.15, 0.2) is 0 Å². The van der Waals surface area contributed by atoms with Crippen molar-refractivity contribution in [1.82, 2.24) is 14.1 Å². The topological polar surface area (TPSA) is 98.3 Å². The van der Waals surface area contributed by atoms with E-state index in [9.17, 15) is 13.2 Å². The molecule has 1 amide bonds. The van der Waals surface area contributed by atoms with E-state index in [0.717, 1.165) is 5.69 Å². The van der Waals surface area contributed by atoms with E-state index in [1.807, 2.05) is 37.3 Å². The Morgan fingerprint density at radius 3 is 2.62 bits per heavy atom. The second-order valence-corrected chi connectivity index (χ2v) is 7.95. The zero-order chi connectivity index (χ0) is 17.3. The van der Waals surface area contributed by atoms with Gasteiger partial charge in [0.1, 0.15) is 4.90 Å². The lowest BCUT2D eigenvalue weighted by atomic mass is 9.95. The number of carbonyl (C=O) groups excluding carboxylic acids is 1. The van der Waals surface area contributed by atoms with Gasteiger partial charge in [0, 0.05) is 12.6 Å². The minimum absolute atomic E-state index is 0.114. The molecule has 1 aliphatic rings. The molecule has 24 heavy (non-hydrogen) atoms. The van der Waals surface area contributed by atoms with Crippen LogP contribution in [0.3, 0.4) is 0 Å². The molecule has 1 aromatic carbocycles. The zero-order valence-corrected chi connectivity index (χ0v) is 14.2. The first-order valence-electron chi connectivity index (χ1n) is 7.81. The fourth-order valence-electron chi connectivity index (χ4n) is 2.94. The van der Waals surface area contributed by atoms with Gasteiger partial charge < -0.3 is 5.73 Å². The van der Waals surface area contributed by atoms with E-state index in [1.165, 1.54) is 21.4 Å². The molecule has 0 saturated carbocycles. The molecule has 1 saturated heterocycles. The SMILES string of the molecule is C[C@H]1CC[C@@H](C(N)=O)CN1S(=O)(=O)c1cnn(-c2ccccc2)c1. The third kappa shape index (κ3) is 3.07. The largest absolute Gasteiger partial charge is 0.369 e. The molecule has 3 rings (SSSR count). The van der Waals surface area contributed by atoms with Gasteiger partial charge in [-0.25, -0.2) is 13.1 Å². The molecule has 0 aliphatic carbocycles. The highest BCUT2D eigenvalue weighted by Crippen LogP contribution is 2.28. The van der Waals surface area contributed by atoms with Crippen LogP contribution in [0.1, 0.15) is 19.8 Å². The highest BCUT2D eigenvalue weighted by atomic mass is 32.2. The third-order valence-corrected chi connectivity index (χ3v) is 6.35. The van der Waals surface area contributed by atoms with Gasteiger partial charge in [-0.1, -0.05) is 18.2 Å². The second kappa shape index (κ2) is 6.37. The number of hydrogen-bond acceptors (Lipinski definition) is 4. The molecule has 1 aliphatic heterocycles. The minimum Gasteiger partial charge on any atom is -0.369 e. The van der Waals surface area contributed by atoms with Gasteiger partial charge in [0.2, 0.25) is 15.9 Å². The maximum absolute atomic E-state index is 12.9. The Hall–Kier alpha value is -2.19. The predicted octanol–water partition coefficient (Wildman–Crippen LogP) is 1.15. The maximum atomic E-state index is 12.9. The molecule has 128 valence electrons. The Morgan fingerprint density at radius 2 is 1.96 bits per heavy atom. The number of primary amides is 1. The molecule has 1 fully saturated rings. The number of rotatable bonds is 4. The number of sulfonamides is 1. The summed E-state index contributed by atoms with van der Waals surface area (Å²) in [5, 5.41) is 4.15. The lowest BCUT2D eigenvalue weighted by molar-refractivity contribution is -0.123. The van der Waals surface area contributed by atoms with E-state index >= 15 is 0 Å². The second-order valence-electron chi connectivity index (χ2n) is 6.06. The lowest BCUT2D eigenvalue weighted by Crippen LogP contribution is -2.48. The first-order chi connectivity index (χ1) is 11.4. The van der Waals surface area contributed by atoms with Gasteiger partial charge in [-0.05, 0) is 31.9 Å². The average Bonchev–Trinajstić information content (AvgIpc) is 3.06. The van der Waals surface area contributed by atoms with Gasteiger partial charge >= 0.3 is 0 Å². The Balaban J connectivity index is 1.90. The molecule has 0 unspecified atom stereocenters. The van der Waals surface area contributed by atoms with E-state index in [4.69, 9.17) is 5.73 Å². The van der Waals surface area contributed by atoms with Gasteiger partial charge in [-0.15, -0.1) is 0 Å². The van der Waals surface area contributed by atoms with Crippen LogP contribution < -0.4 is 5.73 Å². The molecule has 8 heteroatoms. The van der Waals surface area contributed by atoms with Crippen molar-refractivity contribution >= 4 is 15.9 Å². The normalized spacial score (nSPS) is 22.4. The molecule has 0 radical (unpaired) electrons. The predicted molar refractivity (Wildman–Crippen MR) is 88.8 cm³/mol. The summed E-state index contributed by atoms with van der Waals surface area (Å²) in [6.45, 7) is 1.96. The molecule has 2 aromatic rings. The molecule has 2 N–H and O–H groups in total. The molecule has 2 atom stereocenters. The first kappa shape index (κ1) is 16.7. The van der Waals surface area contributed by atoms with Crippen molar-refractivity contribution in [2.45, 2.75) is 30.7 Å². The number of aromatic nitrogens is 2. The van der Waals surface area contributed by atoms with Gasteiger partial charge in [0.05, 0.1) is 24.0 Å². The van der Waals surface area contributed by atoms with Crippen molar-refractivity contribution in [1.29, 1.82) is 0 Å². The third-order valence-electron chi connectivity index (χ3n) is 4.41. The fourth-order valence-corrected chi connectivity index (χ4v) is 4.58. The monoisotopic (exact) mass is 348 g/mol. The Morgan fingerprint density at radius 1 is 1.25 bits per heavy atom. The number of hydrogen-bond donors (Lipinski definition) is 1. The highest BCUT2D eigenvalue weighted by molar-refractivity contribution is 7.89. The van der Waals surface area contributed by atoms with Crippen LogP contribution in [0.25, 0.3) is 5.69 Å². The molecule has 0 bridgehead atoms. The number of carbonyl (C=O) groups is 1. The molecule has 7 nitrogen and oxygen atoms in total. The number of nitrogens with two attached hydrogens (primary N) is 1. The Bertz CT molecular complexity index is 832. The van der Waals surface area contributed by atoms with Crippen molar-refractivity contribution in [3.05, 3.63) is 42.7 Å². The van der Waals surface area contributed by atoms with Crippen LogP contribution in [-0.4, -0.2) is 41.0 Å². The van der Waals surface area contributed by atoms with E-state index < -0.39 is 21.8 Å². The maximum Gasteiger partial charge on any atom is 0.246 e. The van der Waals surface area contributed by atoms with Crippen LogP contribution in [0, 0.1) is 5.92 Å². The van der Waals surface area contributed by atoms with Gasteiger partial charge in [0.25, 0.3) is 0 Å². The number of nitrogens with zero attached hydrogens (tertiary/aromatic N) is 3. The number of benzene rings is 1. The average molecular weight is 348 g/mol. The van der Waals surface area contributed by atoms with Crippen LogP contribution in [-0.2, 0) is 14.8 Å². The van der Waals surface area contributed by atoms with E-state index in [-0.39, 0.29) is 17.5 Å². The molecular formula is C16H20N4O3S. The van der Waals surface area contributed by atoms with Crippen LogP contribution >= 0.6 is 0 Å². The number of piperidine rings is 1. The Labute approximate surface area is 141 Å². The van der Waals surface area contributed by atoms with Crippen molar-refractivity contribution in [2.24, 2.45) is 11.7 Å². The van der Waals surface area contributed by atoms with Gasteiger partial charge in [-0.3, -0.25) is 4.79 Å².